The number of urea groups is 1. The molecule has 1 aromatic carbocycles. The third-order valence-corrected chi connectivity index (χ3v) is 2.47. The van der Waals surface area contributed by atoms with Crippen LogP contribution in [-0.2, 0) is 9.53 Å². The fourth-order valence-corrected chi connectivity index (χ4v) is 1.50. The maximum atomic E-state index is 11.7. The normalized spacial score (nSPS) is 11.3. The third-order valence-electron chi connectivity index (χ3n) is 2.47. The molecule has 0 aromatic heterocycles. The van der Waals surface area contributed by atoms with Crippen LogP contribution >= 0.6 is 0 Å². The molecule has 2 amide bonds. The molecule has 114 valence electrons. The van der Waals surface area contributed by atoms with E-state index in [4.69, 9.17) is 9.84 Å². The van der Waals surface area contributed by atoms with Gasteiger partial charge in [0.1, 0.15) is 11.8 Å². The maximum Gasteiger partial charge on any atom is 0.337 e. The SMILES string of the molecule is CCOC(=O)C(C)NC(=O)Nc1ccc(O)cc1C(=O)O. The van der Waals surface area contributed by atoms with Crippen LogP contribution in [-0.4, -0.2) is 40.8 Å². The van der Waals surface area contributed by atoms with Crippen molar-refractivity contribution < 1.29 is 29.3 Å². The first-order valence-electron chi connectivity index (χ1n) is 6.15. The van der Waals surface area contributed by atoms with Gasteiger partial charge in [-0.3, -0.25) is 0 Å². The second-order valence-corrected chi connectivity index (χ2v) is 4.11. The predicted octanol–water partition coefficient (Wildman–Crippen LogP) is 1.16. The van der Waals surface area contributed by atoms with E-state index in [0.717, 1.165) is 6.07 Å². The van der Waals surface area contributed by atoms with Gasteiger partial charge in [0.15, 0.2) is 0 Å². The summed E-state index contributed by atoms with van der Waals surface area (Å²) < 4.78 is 4.72. The molecule has 1 rings (SSSR count). The van der Waals surface area contributed by atoms with Gasteiger partial charge in [-0.05, 0) is 32.0 Å². The van der Waals surface area contributed by atoms with Gasteiger partial charge in [0, 0.05) is 0 Å². The molecule has 0 fully saturated rings. The van der Waals surface area contributed by atoms with Crippen molar-refractivity contribution in [1.29, 1.82) is 0 Å². The minimum atomic E-state index is -1.31. The monoisotopic (exact) mass is 296 g/mol. The number of aromatic carboxylic acids is 1. The number of carbonyl (C=O) groups excluding carboxylic acids is 2. The Bertz CT molecular complexity index is 558. The van der Waals surface area contributed by atoms with Crippen LogP contribution in [0.2, 0.25) is 0 Å². The van der Waals surface area contributed by atoms with E-state index in [2.05, 4.69) is 10.6 Å². The molecule has 4 N–H and O–H groups in total. The molecule has 0 aliphatic rings. The molecule has 0 saturated carbocycles. The van der Waals surface area contributed by atoms with Gasteiger partial charge >= 0.3 is 18.0 Å². The highest BCUT2D eigenvalue weighted by molar-refractivity contribution is 6.01. The first-order chi connectivity index (χ1) is 9.85. The Labute approximate surface area is 120 Å². The summed E-state index contributed by atoms with van der Waals surface area (Å²) in [7, 11) is 0. The third kappa shape index (κ3) is 4.68. The Morgan fingerprint density at radius 3 is 2.57 bits per heavy atom. The minimum Gasteiger partial charge on any atom is -0.508 e. The van der Waals surface area contributed by atoms with Gasteiger partial charge in [0.25, 0.3) is 0 Å². The Morgan fingerprint density at radius 2 is 2.00 bits per heavy atom. The van der Waals surface area contributed by atoms with Crippen LogP contribution in [0.1, 0.15) is 24.2 Å². The molecule has 0 spiro atoms. The minimum absolute atomic E-state index is 0.00569. The fourth-order valence-electron chi connectivity index (χ4n) is 1.50. The molecule has 0 bridgehead atoms. The van der Waals surface area contributed by atoms with Gasteiger partial charge in [0.05, 0.1) is 17.9 Å². The van der Waals surface area contributed by atoms with Gasteiger partial charge in [-0.25, -0.2) is 14.4 Å². The molecular weight excluding hydrogens is 280 g/mol. The highest BCUT2D eigenvalue weighted by Gasteiger charge is 2.18. The molecule has 0 radical (unpaired) electrons. The number of phenols is 1. The van der Waals surface area contributed by atoms with Gasteiger partial charge in [-0.1, -0.05) is 0 Å². The lowest BCUT2D eigenvalue weighted by Crippen LogP contribution is -2.42. The lowest BCUT2D eigenvalue weighted by Gasteiger charge is -2.14. The number of amides is 2. The summed E-state index contributed by atoms with van der Waals surface area (Å²) in [6, 6.07) is 1.84. The maximum absolute atomic E-state index is 11.7. The van der Waals surface area contributed by atoms with E-state index in [-0.39, 0.29) is 23.6 Å². The van der Waals surface area contributed by atoms with Crippen molar-refractivity contribution >= 4 is 23.7 Å². The predicted molar refractivity (Wildman–Crippen MR) is 73.3 cm³/mol. The number of esters is 1. The number of ether oxygens (including phenoxy) is 1. The van der Waals surface area contributed by atoms with E-state index in [1.165, 1.54) is 19.1 Å². The zero-order valence-corrected chi connectivity index (χ0v) is 11.5. The van der Waals surface area contributed by atoms with Crippen molar-refractivity contribution in [3.63, 3.8) is 0 Å². The molecule has 8 heteroatoms. The van der Waals surface area contributed by atoms with E-state index in [0.29, 0.717) is 0 Å². The van der Waals surface area contributed by atoms with Crippen molar-refractivity contribution in [2.75, 3.05) is 11.9 Å². The first kappa shape index (κ1) is 16.3. The highest BCUT2D eigenvalue weighted by Crippen LogP contribution is 2.21. The molecule has 0 aliphatic heterocycles. The van der Waals surface area contributed by atoms with Crippen LogP contribution in [0.5, 0.6) is 5.75 Å². The second-order valence-electron chi connectivity index (χ2n) is 4.11. The standard InChI is InChI=1S/C13H16N2O6/c1-3-21-12(19)7(2)14-13(20)15-10-5-4-8(16)6-9(10)11(17)18/h4-7,16H,3H2,1-2H3,(H,17,18)(H2,14,15,20). The molecule has 21 heavy (non-hydrogen) atoms. The summed E-state index contributed by atoms with van der Waals surface area (Å²) in [6.07, 6.45) is 0. The van der Waals surface area contributed by atoms with E-state index >= 15 is 0 Å². The number of carboxylic acid groups (broad SMARTS) is 1. The molecule has 0 saturated heterocycles. The summed E-state index contributed by atoms with van der Waals surface area (Å²) in [5.74, 6) is -2.14. The zero-order valence-electron chi connectivity index (χ0n) is 11.5. The number of carbonyl (C=O) groups is 3. The smallest absolute Gasteiger partial charge is 0.337 e. The molecule has 1 aromatic rings. The molecule has 1 unspecified atom stereocenters. The lowest BCUT2D eigenvalue weighted by molar-refractivity contribution is -0.144. The summed E-state index contributed by atoms with van der Waals surface area (Å²) >= 11 is 0. The van der Waals surface area contributed by atoms with E-state index in [1.54, 1.807) is 6.92 Å². The first-order valence-corrected chi connectivity index (χ1v) is 6.15. The molecule has 1 atom stereocenters. The Hall–Kier alpha value is -2.77. The molecule has 0 aliphatic carbocycles. The lowest BCUT2D eigenvalue weighted by atomic mass is 10.1. The average molecular weight is 296 g/mol. The summed E-state index contributed by atoms with van der Waals surface area (Å²) in [4.78, 5) is 34.1. The van der Waals surface area contributed by atoms with E-state index in [1.807, 2.05) is 0 Å². The average Bonchev–Trinajstić information content (AvgIpc) is 2.40. The van der Waals surface area contributed by atoms with Crippen LogP contribution in [0.3, 0.4) is 0 Å². The van der Waals surface area contributed by atoms with E-state index in [9.17, 15) is 19.5 Å². The number of benzene rings is 1. The van der Waals surface area contributed by atoms with Crippen molar-refractivity contribution in [1.82, 2.24) is 5.32 Å². The zero-order chi connectivity index (χ0) is 16.0. The number of hydrogen-bond donors (Lipinski definition) is 4. The largest absolute Gasteiger partial charge is 0.508 e. The van der Waals surface area contributed by atoms with Crippen LogP contribution in [0.15, 0.2) is 18.2 Å². The summed E-state index contributed by atoms with van der Waals surface area (Å²) in [5.41, 5.74) is -0.275. The van der Waals surface area contributed by atoms with Gasteiger partial charge < -0.3 is 25.6 Å². The molecule has 8 nitrogen and oxygen atoms in total. The number of rotatable bonds is 5. The Morgan fingerprint density at radius 1 is 1.33 bits per heavy atom. The van der Waals surface area contributed by atoms with Gasteiger partial charge in [-0.15, -0.1) is 0 Å². The number of phenolic OH excluding ortho intramolecular Hbond substituents is 1. The summed E-state index contributed by atoms with van der Waals surface area (Å²) in [5, 5.41) is 22.8. The quantitative estimate of drug-likeness (QED) is 0.477. The summed E-state index contributed by atoms with van der Waals surface area (Å²) in [6.45, 7) is 3.26. The van der Waals surface area contributed by atoms with Crippen molar-refractivity contribution in [3.8, 4) is 5.75 Å². The number of hydrogen-bond acceptors (Lipinski definition) is 5. The van der Waals surface area contributed by atoms with Crippen LogP contribution in [0.25, 0.3) is 0 Å². The van der Waals surface area contributed by atoms with Crippen molar-refractivity contribution in [2.45, 2.75) is 19.9 Å². The van der Waals surface area contributed by atoms with Crippen LogP contribution in [0, 0.1) is 0 Å². The van der Waals surface area contributed by atoms with E-state index < -0.39 is 24.0 Å². The fraction of sp³-hybridized carbons (Fsp3) is 0.308. The number of nitrogens with one attached hydrogen (secondary N) is 2. The topological polar surface area (TPSA) is 125 Å². The Kier molecular flexibility index (Phi) is 5.53. The second kappa shape index (κ2) is 7.13. The van der Waals surface area contributed by atoms with Gasteiger partial charge in [-0.2, -0.15) is 0 Å². The highest BCUT2D eigenvalue weighted by atomic mass is 16.5. The van der Waals surface area contributed by atoms with Gasteiger partial charge in [0.2, 0.25) is 0 Å². The number of carboxylic acids is 1. The van der Waals surface area contributed by atoms with Crippen molar-refractivity contribution in [2.24, 2.45) is 0 Å². The van der Waals surface area contributed by atoms with Crippen molar-refractivity contribution in [3.05, 3.63) is 23.8 Å². The number of anilines is 1. The molecule has 0 heterocycles. The number of aromatic hydroxyl groups is 1. The molecular formula is C13H16N2O6. The Balaban J connectivity index is 2.75. The van der Waals surface area contributed by atoms with Crippen LogP contribution in [0.4, 0.5) is 10.5 Å². The van der Waals surface area contributed by atoms with Crippen LogP contribution < -0.4 is 10.6 Å².